The van der Waals surface area contributed by atoms with Crippen LogP contribution in [0.1, 0.15) is 23.8 Å². The van der Waals surface area contributed by atoms with Gasteiger partial charge in [-0.1, -0.05) is 6.92 Å². The Morgan fingerprint density at radius 2 is 2.33 bits per heavy atom. The summed E-state index contributed by atoms with van der Waals surface area (Å²) in [4.78, 5) is 23.5. The number of piperazine rings is 1. The van der Waals surface area contributed by atoms with Gasteiger partial charge in [0.1, 0.15) is 0 Å². The maximum atomic E-state index is 10.9. The highest BCUT2D eigenvalue weighted by molar-refractivity contribution is 5.85. The van der Waals surface area contributed by atoms with Crippen LogP contribution in [-0.2, 0) is 0 Å². The van der Waals surface area contributed by atoms with Crippen LogP contribution < -0.4 is 4.90 Å². The Morgan fingerprint density at radius 1 is 1.56 bits per heavy atom. The summed E-state index contributed by atoms with van der Waals surface area (Å²) in [5.41, 5.74) is 0.0481. The Labute approximate surface area is 106 Å². The van der Waals surface area contributed by atoms with Crippen molar-refractivity contribution in [1.29, 1.82) is 0 Å². The van der Waals surface area contributed by atoms with Crippen molar-refractivity contribution in [2.24, 2.45) is 0 Å². The minimum absolute atomic E-state index is 0.0481. The minimum Gasteiger partial charge on any atom is -0.477 e. The fourth-order valence-electron chi connectivity index (χ4n) is 2.19. The van der Waals surface area contributed by atoms with Crippen LogP contribution in [0.4, 0.5) is 5.95 Å². The molecule has 0 bridgehead atoms. The topological polar surface area (TPSA) is 69.6 Å². The molecule has 1 saturated heterocycles. The number of anilines is 1. The quantitative estimate of drug-likeness (QED) is 0.852. The first-order valence-electron chi connectivity index (χ1n) is 6.13. The minimum atomic E-state index is -1.01. The predicted molar refractivity (Wildman–Crippen MR) is 67.9 cm³/mol. The number of rotatable bonds is 3. The van der Waals surface area contributed by atoms with E-state index in [1.54, 1.807) is 0 Å². The third-order valence-corrected chi connectivity index (χ3v) is 3.39. The van der Waals surface area contributed by atoms with Crippen molar-refractivity contribution in [3.63, 3.8) is 0 Å². The maximum absolute atomic E-state index is 10.9. The molecular weight excluding hydrogens is 232 g/mol. The molecule has 0 aliphatic carbocycles. The molecule has 1 atom stereocenters. The normalized spacial score (nSPS) is 21.0. The third kappa shape index (κ3) is 2.59. The average Bonchev–Trinajstić information content (AvgIpc) is 2.39. The molecule has 1 unspecified atom stereocenters. The van der Waals surface area contributed by atoms with Gasteiger partial charge in [-0.05, 0) is 19.5 Å². The summed E-state index contributed by atoms with van der Waals surface area (Å²) in [6, 6.07) is 1.88. The van der Waals surface area contributed by atoms with E-state index in [-0.39, 0.29) is 5.69 Å². The van der Waals surface area contributed by atoms with Crippen LogP contribution in [0.25, 0.3) is 0 Å². The predicted octanol–water partition coefficient (Wildman–Crippen LogP) is 0.705. The molecule has 0 saturated carbocycles. The highest BCUT2D eigenvalue weighted by atomic mass is 16.4. The molecule has 1 aromatic heterocycles. The second-order valence-electron chi connectivity index (χ2n) is 4.54. The van der Waals surface area contributed by atoms with E-state index in [0.29, 0.717) is 12.0 Å². The van der Waals surface area contributed by atoms with Gasteiger partial charge in [-0.3, -0.25) is 4.90 Å². The molecule has 1 aliphatic heterocycles. The lowest BCUT2D eigenvalue weighted by Crippen LogP contribution is -2.51. The Morgan fingerprint density at radius 3 is 3.00 bits per heavy atom. The number of hydrogen-bond donors (Lipinski definition) is 1. The molecule has 1 fully saturated rings. The molecule has 2 rings (SSSR count). The van der Waals surface area contributed by atoms with Crippen LogP contribution in [0, 0.1) is 0 Å². The van der Waals surface area contributed by atoms with E-state index >= 15 is 0 Å². The molecule has 6 heteroatoms. The van der Waals surface area contributed by atoms with Gasteiger partial charge >= 0.3 is 5.97 Å². The number of aromatic carboxylic acids is 1. The van der Waals surface area contributed by atoms with E-state index in [1.165, 1.54) is 12.3 Å². The second-order valence-corrected chi connectivity index (χ2v) is 4.54. The third-order valence-electron chi connectivity index (χ3n) is 3.39. The Hall–Kier alpha value is -1.69. The van der Waals surface area contributed by atoms with Crippen LogP contribution in [-0.4, -0.2) is 58.7 Å². The van der Waals surface area contributed by atoms with Gasteiger partial charge in [-0.2, -0.15) is 0 Å². The zero-order chi connectivity index (χ0) is 13.1. The van der Waals surface area contributed by atoms with Crippen molar-refractivity contribution in [1.82, 2.24) is 14.9 Å². The molecule has 0 radical (unpaired) electrons. The lowest BCUT2D eigenvalue weighted by atomic mass is 10.1. The summed E-state index contributed by atoms with van der Waals surface area (Å²) < 4.78 is 0. The Kier molecular flexibility index (Phi) is 3.76. The lowest BCUT2D eigenvalue weighted by molar-refractivity contribution is 0.0690. The fourth-order valence-corrected chi connectivity index (χ4v) is 2.19. The van der Waals surface area contributed by atoms with Gasteiger partial charge in [0.2, 0.25) is 5.95 Å². The average molecular weight is 250 g/mol. The SMILES string of the molecule is CCC1CN(c2nccc(C(=O)O)n2)CCN1C. The van der Waals surface area contributed by atoms with Crippen LogP contribution in [0.3, 0.4) is 0 Å². The van der Waals surface area contributed by atoms with Crippen molar-refractivity contribution < 1.29 is 9.90 Å². The van der Waals surface area contributed by atoms with Gasteiger partial charge in [0.05, 0.1) is 0 Å². The van der Waals surface area contributed by atoms with Crippen molar-refractivity contribution in [3.05, 3.63) is 18.0 Å². The Bertz CT molecular complexity index is 438. The van der Waals surface area contributed by atoms with Crippen LogP contribution in [0.15, 0.2) is 12.3 Å². The highest BCUT2D eigenvalue weighted by Crippen LogP contribution is 2.16. The zero-order valence-electron chi connectivity index (χ0n) is 10.7. The number of likely N-dealkylation sites (N-methyl/N-ethyl adjacent to an activating group) is 1. The number of hydrogen-bond acceptors (Lipinski definition) is 5. The molecule has 1 N–H and O–H groups in total. The molecular formula is C12H18N4O2. The molecule has 2 heterocycles. The largest absolute Gasteiger partial charge is 0.477 e. The first-order valence-corrected chi connectivity index (χ1v) is 6.13. The van der Waals surface area contributed by atoms with Crippen molar-refractivity contribution in [2.45, 2.75) is 19.4 Å². The zero-order valence-corrected chi connectivity index (χ0v) is 10.7. The molecule has 0 spiro atoms. The van der Waals surface area contributed by atoms with Crippen LogP contribution >= 0.6 is 0 Å². The van der Waals surface area contributed by atoms with E-state index in [1.807, 2.05) is 0 Å². The number of nitrogens with zero attached hydrogens (tertiary/aromatic N) is 4. The van der Waals surface area contributed by atoms with Crippen molar-refractivity contribution >= 4 is 11.9 Å². The summed E-state index contributed by atoms with van der Waals surface area (Å²) in [7, 11) is 2.11. The van der Waals surface area contributed by atoms with E-state index in [2.05, 4.69) is 33.7 Å². The fraction of sp³-hybridized carbons (Fsp3) is 0.583. The smallest absolute Gasteiger partial charge is 0.354 e. The van der Waals surface area contributed by atoms with Gasteiger partial charge in [-0.25, -0.2) is 14.8 Å². The number of aromatic nitrogens is 2. The molecule has 0 amide bonds. The van der Waals surface area contributed by atoms with Gasteiger partial charge < -0.3 is 10.0 Å². The number of carboxylic acid groups (broad SMARTS) is 1. The van der Waals surface area contributed by atoms with Gasteiger partial charge in [0.25, 0.3) is 0 Å². The van der Waals surface area contributed by atoms with Crippen LogP contribution in [0.2, 0.25) is 0 Å². The number of carboxylic acids is 1. The summed E-state index contributed by atoms with van der Waals surface area (Å²) in [5.74, 6) is -0.499. The second kappa shape index (κ2) is 5.30. The first kappa shape index (κ1) is 12.8. The van der Waals surface area contributed by atoms with Gasteiger partial charge in [0.15, 0.2) is 5.69 Å². The summed E-state index contributed by atoms with van der Waals surface area (Å²) in [6.07, 6.45) is 2.57. The monoisotopic (exact) mass is 250 g/mol. The van der Waals surface area contributed by atoms with Crippen LogP contribution in [0.5, 0.6) is 0 Å². The van der Waals surface area contributed by atoms with E-state index in [9.17, 15) is 4.79 Å². The van der Waals surface area contributed by atoms with E-state index < -0.39 is 5.97 Å². The highest BCUT2D eigenvalue weighted by Gasteiger charge is 2.24. The molecule has 98 valence electrons. The summed E-state index contributed by atoms with van der Waals surface area (Å²) in [6.45, 7) is 4.77. The molecule has 0 aromatic carbocycles. The summed E-state index contributed by atoms with van der Waals surface area (Å²) in [5, 5.41) is 8.93. The lowest BCUT2D eigenvalue weighted by Gasteiger charge is -2.39. The van der Waals surface area contributed by atoms with Gasteiger partial charge in [-0.15, -0.1) is 0 Å². The molecule has 18 heavy (non-hydrogen) atoms. The molecule has 1 aromatic rings. The van der Waals surface area contributed by atoms with Gasteiger partial charge in [0, 0.05) is 31.9 Å². The standard InChI is InChI=1S/C12H18N4O2/c1-3-9-8-16(7-6-15(9)2)12-13-5-4-10(14-12)11(17)18/h4-5,9H,3,6-8H2,1-2H3,(H,17,18). The van der Waals surface area contributed by atoms with E-state index in [0.717, 1.165) is 26.1 Å². The first-order chi connectivity index (χ1) is 8.61. The van der Waals surface area contributed by atoms with Crippen molar-refractivity contribution in [3.8, 4) is 0 Å². The molecule has 1 aliphatic rings. The van der Waals surface area contributed by atoms with Crippen molar-refractivity contribution in [2.75, 3.05) is 31.6 Å². The summed E-state index contributed by atoms with van der Waals surface area (Å²) >= 11 is 0. The Balaban J connectivity index is 2.16. The van der Waals surface area contributed by atoms with E-state index in [4.69, 9.17) is 5.11 Å². The number of carbonyl (C=O) groups is 1. The molecule has 6 nitrogen and oxygen atoms in total. The maximum Gasteiger partial charge on any atom is 0.354 e.